The molecule has 0 radical (unpaired) electrons. The van der Waals surface area contributed by atoms with E-state index in [0.717, 1.165) is 16.7 Å². The minimum absolute atomic E-state index is 0.165. The number of para-hydroxylation sites is 1. The van der Waals surface area contributed by atoms with Gasteiger partial charge in [-0.2, -0.15) is 0 Å². The first-order chi connectivity index (χ1) is 11.3. The Hall–Kier alpha value is -2.94. The Labute approximate surface area is 135 Å². The van der Waals surface area contributed by atoms with Crippen LogP contribution in [0.25, 0.3) is 21.7 Å². The van der Waals surface area contributed by atoms with Crippen molar-refractivity contribution in [3.8, 4) is 0 Å². The molecule has 0 fully saturated rings. The molecule has 23 heavy (non-hydrogen) atoms. The van der Waals surface area contributed by atoms with Gasteiger partial charge in [0.25, 0.3) is 0 Å². The molecule has 0 bridgehead atoms. The third kappa shape index (κ3) is 2.61. The van der Waals surface area contributed by atoms with Crippen LogP contribution in [0.2, 0.25) is 0 Å². The van der Waals surface area contributed by atoms with Crippen molar-refractivity contribution in [1.82, 2.24) is 9.97 Å². The summed E-state index contributed by atoms with van der Waals surface area (Å²) in [6, 6.07) is 23.2. The van der Waals surface area contributed by atoms with E-state index in [1.165, 1.54) is 16.3 Å². The van der Waals surface area contributed by atoms with E-state index in [2.05, 4.69) is 64.7 Å². The number of hydrogen-bond donors (Lipinski definition) is 1. The lowest BCUT2D eigenvalue weighted by Crippen LogP contribution is -2.08. The Morgan fingerprint density at radius 3 is 2.52 bits per heavy atom. The maximum Gasteiger partial charge on any atom is 0.137 e. The van der Waals surface area contributed by atoms with Crippen LogP contribution >= 0.6 is 0 Å². The predicted octanol–water partition coefficient (Wildman–Crippen LogP) is 4.96. The Bertz CT molecular complexity index is 973. The molecule has 112 valence electrons. The van der Waals surface area contributed by atoms with Crippen LogP contribution in [0.5, 0.6) is 0 Å². The fourth-order valence-electron chi connectivity index (χ4n) is 2.89. The van der Waals surface area contributed by atoms with Crippen molar-refractivity contribution in [2.24, 2.45) is 0 Å². The predicted molar refractivity (Wildman–Crippen MR) is 95.5 cm³/mol. The molecule has 1 N–H and O–H groups in total. The molecule has 3 heteroatoms. The van der Waals surface area contributed by atoms with Crippen LogP contribution in [-0.4, -0.2) is 9.97 Å². The standard InChI is InChI=1S/C20H17N3/c1-14(16-11-10-15-6-2-3-7-17(15)12-16)23-20-18-8-4-5-9-19(18)21-13-22-20/h2-14H,1H3,(H,21,22,23)/t14-/m1/s1. The van der Waals surface area contributed by atoms with E-state index in [9.17, 15) is 0 Å². The highest BCUT2D eigenvalue weighted by molar-refractivity contribution is 5.89. The van der Waals surface area contributed by atoms with Crippen LogP contribution in [0.15, 0.2) is 73.1 Å². The second kappa shape index (κ2) is 5.69. The van der Waals surface area contributed by atoms with Gasteiger partial charge >= 0.3 is 0 Å². The maximum absolute atomic E-state index is 4.41. The molecular formula is C20H17N3. The summed E-state index contributed by atoms with van der Waals surface area (Å²) in [6.45, 7) is 2.15. The average molecular weight is 299 g/mol. The van der Waals surface area contributed by atoms with Gasteiger partial charge in [-0.05, 0) is 41.5 Å². The Morgan fingerprint density at radius 2 is 1.61 bits per heavy atom. The highest BCUT2D eigenvalue weighted by atomic mass is 15.0. The van der Waals surface area contributed by atoms with E-state index in [-0.39, 0.29) is 6.04 Å². The number of fused-ring (bicyclic) bond motifs is 2. The Balaban J connectivity index is 1.69. The molecule has 3 nitrogen and oxygen atoms in total. The number of rotatable bonds is 3. The molecule has 4 aromatic rings. The summed E-state index contributed by atoms with van der Waals surface area (Å²) in [5.74, 6) is 0.872. The summed E-state index contributed by atoms with van der Waals surface area (Å²) >= 11 is 0. The first-order valence-electron chi connectivity index (χ1n) is 7.76. The molecule has 0 spiro atoms. The maximum atomic E-state index is 4.41. The fourth-order valence-corrected chi connectivity index (χ4v) is 2.89. The molecule has 1 atom stereocenters. The molecular weight excluding hydrogens is 282 g/mol. The molecule has 3 aromatic carbocycles. The van der Waals surface area contributed by atoms with Crippen molar-refractivity contribution in [3.63, 3.8) is 0 Å². The average Bonchev–Trinajstić information content (AvgIpc) is 2.61. The molecule has 0 aliphatic rings. The third-order valence-electron chi connectivity index (χ3n) is 4.17. The van der Waals surface area contributed by atoms with Crippen LogP contribution in [0, 0.1) is 0 Å². The van der Waals surface area contributed by atoms with Crippen LogP contribution in [0.1, 0.15) is 18.5 Å². The third-order valence-corrected chi connectivity index (χ3v) is 4.17. The van der Waals surface area contributed by atoms with Gasteiger partial charge in [-0.1, -0.05) is 48.5 Å². The lowest BCUT2D eigenvalue weighted by Gasteiger charge is -2.16. The number of nitrogens with one attached hydrogen (secondary N) is 1. The van der Waals surface area contributed by atoms with E-state index in [1.54, 1.807) is 6.33 Å². The second-order valence-corrected chi connectivity index (χ2v) is 5.71. The van der Waals surface area contributed by atoms with Crippen molar-refractivity contribution in [1.29, 1.82) is 0 Å². The van der Waals surface area contributed by atoms with Gasteiger partial charge in [0, 0.05) is 11.4 Å². The Morgan fingerprint density at radius 1 is 0.826 bits per heavy atom. The molecule has 0 saturated heterocycles. The van der Waals surface area contributed by atoms with Gasteiger partial charge in [-0.15, -0.1) is 0 Å². The Kier molecular flexibility index (Phi) is 3.39. The second-order valence-electron chi connectivity index (χ2n) is 5.71. The number of hydrogen-bond acceptors (Lipinski definition) is 3. The molecule has 0 amide bonds. The van der Waals surface area contributed by atoms with Crippen molar-refractivity contribution in [2.75, 3.05) is 5.32 Å². The summed E-state index contributed by atoms with van der Waals surface area (Å²) in [5.41, 5.74) is 2.20. The van der Waals surface area contributed by atoms with E-state index in [0.29, 0.717) is 0 Å². The summed E-state index contributed by atoms with van der Waals surface area (Å²) in [6.07, 6.45) is 1.61. The zero-order valence-electron chi connectivity index (χ0n) is 12.9. The molecule has 0 aliphatic carbocycles. The highest BCUT2D eigenvalue weighted by Crippen LogP contribution is 2.25. The summed E-state index contributed by atoms with van der Waals surface area (Å²) in [4.78, 5) is 8.72. The zero-order valence-corrected chi connectivity index (χ0v) is 12.9. The van der Waals surface area contributed by atoms with Gasteiger partial charge in [-0.25, -0.2) is 9.97 Å². The zero-order chi connectivity index (χ0) is 15.6. The SMILES string of the molecule is C[C@@H](Nc1ncnc2ccccc12)c1ccc2ccccc2c1. The topological polar surface area (TPSA) is 37.8 Å². The minimum Gasteiger partial charge on any atom is -0.363 e. The minimum atomic E-state index is 0.165. The van der Waals surface area contributed by atoms with Crippen molar-refractivity contribution in [2.45, 2.75) is 13.0 Å². The molecule has 0 unspecified atom stereocenters. The highest BCUT2D eigenvalue weighted by Gasteiger charge is 2.09. The molecule has 4 rings (SSSR count). The van der Waals surface area contributed by atoms with E-state index in [4.69, 9.17) is 0 Å². The van der Waals surface area contributed by atoms with Gasteiger partial charge in [0.2, 0.25) is 0 Å². The van der Waals surface area contributed by atoms with E-state index < -0.39 is 0 Å². The van der Waals surface area contributed by atoms with Gasteiger partial charge in [0.1, 0.15) is 12.1 Å². The summed E-state index contributed by atoms with van der Waals surface area (Å²) in [5, 5.41) is 7.07. The van der Waals surface area contributed by atoms with Crippen LogP contribution in [-0.2, 0) is 0 Å². The summed E-state index contributed by atoms with van der Waals surface area (Å²) in [7, 11) is 0. The first kappa shape index (κ1) is 13.7. The molecule has 0 saturated carbocycles. The van der Waals surface area contributed by atoms with Gasteiger partial charge in [-0.3, -0.25) is 0 Å². The van der Waals surface area contributed by atoms with Crippen molar-refractivity contribution in [3.05, 3.63) is 78.6 Å². The number of anilines is 1. The number of aromatic nitrogens is 2. The smallest absolute Gasteiger partial charge is 0.137 e. The van der Waals surface area contributed by atoms with Gasteiger partial charge < -0.3 is 5.32 Å². The largest absolute Gasteiger partial charge is 0.363 e. The quantitative estimate of drug-likeness (QED) is 0.581. The van der Waals surface area contributed by atoms with E-state index in [1.807, 2.05) is 24.3 Å². The number of nitrogens with zero attached hydrogens (tertiary/aromatic N) is 2. The monoisotopic (exact) mass is 299 g/mol. The molecule has 1 heterocycles. The van der Waals surface area contributed by atoms with Crippen LogP contribution in [0.4, 0.5) is 5.82 Å². The number of benzene rings is 3. The van der Waals surface area contributed by atoms with Gasteiger partial charge in [0.05, 0.1) is 5.52 Å². The van der Waals surface area contributed by atoms with Crippen molar-refractivity contribution < 1.29 is 0 Å². The van der Waals surface area contributed by atoms with Crippen LogP contribution < -0.4 is 5.32 Å². The first-order valence-corrected chi connectivity index (χ1v) is 7.76. The summed E-state index contributed by atoms with van der Waals surface area (Å²) < 4.78 is 0. The van der Waals surface area contributed by atoms with Crippen LogP contribution in [0.3, 0.4) is 0 Å². The lowest BCUT2D eigenvalue weighted by atomic mass is 10.0. The molecule has 0 aliphatic heterocycles. The normalized spacial score (nSPS) is 12.4. The lowest BCUT2D eigenvalue weighted by molar-refractivity contribution is 0.878. The van der Waals surface area contributed by atoms with Crippen molar-refractivity contribution >= 4 is 27.5 Å². The fraction of sp³-hybridized carbons (Fsp3) is 0.100. The van der Waals surface area contributed by atoms with Gasteiger partial charge in [0.15, 0.2) is 0 Å². The van der Waals surface area contributed by atoms with E-state index >= 15 is 0 Å². The molecule has 1 aromatic heterocycles.